The molecule has 0 unspecified atom stereocenters. The summed E-state index contributed by atoms with van der Waals surface area (Å²) in [6, 6.07) is 10.5. The molecule has 2 heteroatoms. The van der Waals surface area contributed by atoms with E-state index in [1.807, 2.05) is 6.07 Å². The molecule has 2 nitrogen and oxygen atoms in total. The molecular formula is C14H20O2. The van der Waals surface area contributed by atoms with Gasteiger partial charge in [0.2, 0.25) is 0 Å². The van der Waals surface area contributed by atoms with Crippen LogP contribution in [0.3, 0.4) is 0 Å². The monoisotopic (exact) mass is 220 g/mol. The van der Waals surface area contributed by atoms with E-state index in [0.29, 0.717) is 5.92 Å². The standard InChI is InChI=1S/C14H20O2/c1-11(2)16-14-13(9-6-10-15-14)12-7-4-3-5-8-12/h3-5,7-8,11,13-14H,6,9-10H2,1-2H3/t13-,14+/m0/s1. The van der Waals surface area contributed by atoms with Gasteiger partial charge in [-0.05, 0) is 32.3 Å². The van der Waals surface area contributed by atoms with Crippen molar-refractivity contribution in [1.29, 1.82) is 0 Å². The van der Waals surface area contributed by atoms with Gasteiger partial charge in [-0.15, -0.1) is 0 Å². The van der Waals surface area contributed by atoms with E-state index >= 15 is 0 Å². The van der Waals surface area contributed by atoms with Gasteiger partial charge in [0.1, 0.15) is 0 Å². The van der Waals surface area contributed by atoms with Gasteiger partial charge in [-0.2, -0.15) is 0 Å². The van der Waals surface area contributed by atoms with E-state index in [4.69, 9.17) is 9.47 Å². The van der Waals surface area contributed by atoms with Crippen molar-refractivity contribution in [3.8, 4) is 0 Å². The van der Waals surface area contributed by atoms with Gasteiger partial charge in [-0.1, -0.05) is 30.3 Å². The van der Waals surface area contributed by atoms with Crippen molar-refractivity contribution in [3.05, 3.63) is 35.9 Å². The number of hydrogen-bond acceptors (Lipinski definition) is 2. The van der Waals surface area contributed by atoms with Gasteiger partial charge >= 0.3 is 0 Å². The molecule has 1 aromatic rings. The maximum atomic E-state index is 5.84. The molecule has 16 heavy (non-hydrogen) atoms. The number of rotatable bonds is 3. The first-order valence-corrected chi connectivity index (χ1v) is 6.09. The lowest BCUT2D eigenvalue weighted by Crippen LogP contribution is -2.32. The van der Waals surface area contributed by atoms with Crippen LogP contribution in [-0.4, -0.2) is 19.0 Å². The molecule has 1 aromatic carbocycles. The van der Waals surface area contributed by atoms with E-state index in [1.54, 1.807) is 0 Å². The molecule has 1 aliphatic rings. The van der Waals surface area contributed by atoms with Crippen LogP contribution in [0.25, 0.3) is 0 Å². The summed E-state index contributed by atoms with van der Waals surface area (Å²) < 4.78 is 11.6. The van der Waals surface area contributed by atoms with Crippen LogP contribution in [0.4, 0.5) is 0 Å². The smallest absolute Gasteiger partial charge is 0.164 e. The Kier molecular flexibility index (Phi) is 3.97. The molecule has 88 valence electrons. The van der Waals surface area contributed by atoms with Crippen LogP contribution in [0.5, 0.6) is 0 Å². The van der Waals surface area contributed by atoms with Gasteiger partial charge < -0.3 is 9.47 Å². The van der Waals surface area contributed by atoms with Gasteiger partial charge in [0.25, 0.3) is 0 Å². The molecule has 0 amide bonds. The molecule has 0 aliphatic carbocycles. The van der Waals surface area contributed by atoms with Gasteiger partial charge in [-0.25, -0.2) is 0 Å². The van der Waals surface area contributed by atoms with E-state index in [9.17, 15) is 0 Å². The van der Waals surface area contributed by atoms with Crippen LogP contribution in [-0.2, 0) is 9.47 Å². The second-order valence-corrected chi connectivity index (χ2v) is 4.58. The molecule has 0 radical (unpaired) electrons. The van der Waals surface area contributed by atoms with Gasteiger partial charge in [0, 0.05) is 12.5 Å². The zero-order valence-electron chi connectivity index (χ0n) is 10.1. The Morgan fingerprint density at radius 1 is 1.25 bits per heavy atom. The van der Waals surface area contributed by atoms with Gasteiger partial charge in [0.15, 0.2) is 6.29 Å². The minimum atomic E-state index is -0.0730. The van der Waals surface area contributed by atoms with Crippen molar-refractivity contribution in [2.75, 3.05) is 6.61 Å². The minimum absolute atomic E-state index is 0.0730. The van der Waals surface area contributed by atoms with Crippen molar-refractivity contribution in [1.82, 2.24) is 0 Å². The van der Waals surface area contributed by atoms with Crippen molar-refractivity contribution in [2.24, 2.45) is 0 Å². The van der Waals surface area contributed by atoms with Crippen LogP contribution >= 0.6 is 0 Å². The molecule has 1 aliphatic heterocycles. The lowest BCUT2D eigenvalue weighted by molar-refractivity contribution is -0.191. The Bertz CT molecular complexity index is 308. The summed E-state index contributed by atoms with van der Waals surface area (Å²) >= 11 is 0. The quantitative estimate of drug-likeness (QED) is 0.778. The Morgan fingerprint density at radius 2 is 2.00 bits per heavy atom. The summed E-state index contributed by atoms with van der Waals surface area (Å²) in [4.78, 5) is 0. The van der Waals surface area contributed by atoms with E-state index < -0.39 is 0 Å². The van der Waals surface area contributed by atoms with Crippen LogP contribution in [0.1, 0.15) is 38.2 Å². The Labute approximate surface area is 97.6 Å². The maximum absolute atomic E-state index is 5.84. The predicted octanol–water partition coefficient (Wildman–Crippen LogP) is 3.33. The Morgan fingerprint density at radius 3 is 2.69 bits per heavy atom. The minimum Gasteiger partial charge on any atom is -0.352 e. The van der Waals surface area contributed by atoms with Crippen LogP contribution in [0.15, 0.2) is 30.3 Å². The molecule has 2 atom stereocenters. The van der Waals surface area contributed by atoms with Gasteiger partial charge in [0.05, 0.1) is 6.10 Å². The highest BCUT2D eigenvalue weighted by Crippen LogP contribution is 2.31. The lowest BCUT2D eigenvalue weighted by Gasteiger charge is -2.33. The normalized spacial score (nSPS) is 25.9. The first-order chi connectivity index (χ1) is 7.77. The summed E-state index contributed by atoms with van der Waals surface area (Å²) in [6.07, 6.45) is 2.42. The second-order valence-electron chi connectivity index (χ2n) is 4.58. The third kappa shape index (κ3) is 2.83. The highest BCUT2D eigenvalue weighted by atomic mass is 16.7. The summed E-state index contributed by atoms with van der Waals surface area (Å²) in [7, 11) is 0. The van der Waals surface area contributed by atoms with E-state index in [-0.39, 0.29) is 12.4 Å². The number of ether oxygens (including phenoxy) is 2. The van der Waals surface area contributed by atoms with Crippen LogP contribution in [0, 0.1) is 0 Å². The molecule has 0 aromatic heterocycles. The average Bonchev–Trinajstić information content (AvgIpc) is 2.30. The van der Waals surface area contributed by atoms with Gasteiger partial charge in [-0.3, -0.25) is 0 Å². The van der Waals surface area contributed by atoms with Crippen molar-refractivity contribution >= 4 is 0 Å². The molecule has 0 N–H and O–H groups in total. The fourth-order valence-corrected chi connectivity index (χ4v) is 2.18. The second kappa shape index (κ2) is 5.46. The summed E-state index contributed by atoms with van der Waals surface area (Å²) in [6.45, 7) is 4.93. The number of benzene rings is 1. The molecule has 1 fully saturated rings. The first-order valence-electron chi connectivity index (χ1n) is 6.09. The summed E-state index contributed by atoms with van der Waals surface area (Å²) in [5, 5.41) is 0. The van der Waals surface area contributed by atoms with Crippen molar-refractivity contribution in [3.63, 3.8) is 0 Å². The van der Waals surface area contributed by atoms with E-state index in [0.717, 1.165) is 19.4 Å². The Balaban J connectivity index is 2.10. The summed E-state index contributed by atoms with van der Waals surface area (Å²) in [5.74, 6) is 0.386. The van der Waals surface area contributed by atoms with E-state index in [1.165, 1.54) is 5.56 Å². The fraction of sp³-hybridized carbons (Fsp3) is 0.571. The molecule has 1 heterocycles. The number of hydrogen-bond donors (Lipinski definition) is 0. The topological polar surface area (TPSA) is 18.5 Å². The van der Waals surface area contributed by atoms with Crippen LogP contribution in [0.2, 0.25) is 0 Å². The average molecular weight is 220 g/mol. The molecule has 0 saturated carbocycles. The largest absolute Gasteiger partial charge is 0.352 e. The predicted molar refractivity (Wildman–Crippen MR) is 64.4 cm³/mol. The molecule has 0 spiro atoms. The lowest BCUT2D eigenvalue weighted by atomic mass is 9.92. The van der Waals surface area contributed by atoms with Crippen molar-refractivity contribution in [2.45, 2.75) is 45.0 Å². The molecular weight excluding hydrogens is 200 g/mol. The highest BCUT2D eigenvalue weighted by Gasteiger charge is 2.28. The van der Waals surface area contributed by atoms with E-state index in [2.05, 4.69) is 38.1 Å². The molecule has 0 bridgehead atoms. The third-order valence-electron chi connectivity index (χ3n) is 2.90. The zero-order chi connectivity index (χ0) is 11.4. The molecule has 1 saturated heterocycles. The molecule has 2 rings (SSSR count). The SMILES string of the molecule is CC(C)O[C@H]1OCCC[C@H]1c1ccccc1. The summed E-state index contributed by atoms with van der Waals surface area (Å²) in [5.41, 5.74) is 1.33. The third-order valence-corrected chi connectivity index (χ3v) is 2.90. The van der Waals surface area contributed by atoms with Crippen molar-refractivity contribution < 1.29 is 9.47 Å². The highest BCUT2D eigenvalue weighted by molar-refractivity contribution is 5.20. The fourth-order valence-electron chi connectivity index (χ4n) is 2.18. The maximum Gasteiger partial charge on any atom is 0.164 e. The zero-order valence-corrected chi connectivity index (χ0v) is 10.1. The first kappa shape index (κ1) is 11.6. The van der Waals surface area contributed by atoms with Crippen LogP contribution < -0.4 is 0 Å². The Hall–Kier alpha value is -0.860.